The average molecular weight is 238 g/mol. The summed E-state index contributed by atoms with van der Waals surface area (Å²) in [5, 5.41) is 0. The zero-order valence-electron chi connectivity index (χ0n) is 11.7. The van der Waals surface area contributed by atoms with E-state index in [1.807, 2.05) is 0 Å². The molecule has 1 atom stereocenters. The van der Waals surface area contributed by atoms with Crippen LogP contribution in [0.2, 0.25) is 0 Å². The number of rotatable bonds is 4. The number of hydrogen-bond donors (Lipinski definition) is 1. The molecule has 2 aliphatic rings. The van der Waals surface area contributed by atoms with E-state index in [1.165, 1.54) is 51.4 Å². The first kappa shape index (κ1) is 13.4. The summed E-state index contributed by atoms with van der Waals surface area (Å²) >= 11 is 0. The van der Waals surface area contributed by atoms with Gasteiger partial charge in [0.15, 0.2) is 0 Å². The van der Waals surface area contributed by atoms with Gasteiger partial charge in [-0.2, -0.15) is 0 Å². The van der Waals surface area contributed by atoms with Gasteiger partial charge in [-0.3, -0.25) is 0 Å². The third kappa shape index (κ3) is 3.69. The Morgan fingerprint density at radius 1 is 1.06 bits per heavy atom. The van der Waals surface area contributed by atoms with Crippen molar-refractivity contribution >= 4 is 0 Å². The van der Waals surface area contributed by atoms with Gasteiger partial charge in [-0.25, -0.2) is 0 Å². The molecular weight excluding hydrogens is 208 g/mol. The molecule has 2 nitrogen and oxygen atoms in total. The fourth-order valence-corrected chi connectivity index (χ4v) is 3.70. The Morgan fingerprint density at radius 2 is 1.65 bits per heavy atom. The second-order valence-electron chi connectivity index (χ2n) is 6.56. The molecule has 0 amide bonds. The SMILES string of the molecule is CC1CCC(N(C)CC(N)C2CCCC2)CC1. The van der Waals surface area contributed by atoms with Gasteiger partial charge < -0.3 is 10.6 Å². The minimum Gasteiger partial charge on any atom is -0.326 e. The highest BCUT2D eigenvalue weighted by atomic mass is 15.1. The molecule has 0 aromatic carbocycles. The number of nitrogens with two attached hydrogens (primary N) is 1. The molecule has 2 fully saturated rings. The maximum absolute atomic E-state index is 6.37. The van der Waals surface area contributed by atoms with E-state index in [0.717, 1.165) is 24.4 Å². The van der Waals surface area contributed by atoms with Crippen molar-refractivity contribution in [3.8, 4) is 0 Å². The van der Waals surface area contributed by atoms with Crippen LogP contribution in [0.1, 0.15) is 58.3 Å². The number of nitrogens with zero attached hydrogens (tertiary/aromatic N) is 1. The second kappa shape index (κ2) is 6.19. The molecule has 0 radical (unpaired) electrons. The average Bonchev–Trinajstić information content (AvgIpc) is 2.83. The quantitative estimate of drug-likeness (QED) is 0.816. The van der Waals surface area contributed by atoms with Crippen LogP contribution in [0.4, 0.5) is 0 Å². The van der Waals surface area contributed by atoms with Crippen LogP contribution in [0.3, 0.4) is 0 Å². The van der Waals surface area contributed by atoms with Crippen LogP contribution in [0.15, 0.2) is 0 Å². The van der Waals surface area contributed by atoms with Crippen molar-refractivity contribution in [3.63, 3.8) is 0 Å². The Morgan fingerprint density at radius 3 is 2.24 bits per heavy atom. The Balaban J connectivity index is 1.73. The van der Waals surface area contributed by atoms with E-state index in [9.17, 15) is 0 Å². The van der Waals surface area contributed by atoms with Gasteiger partial charge >= 0.3 is 0 Å². The molecular formula is C15H30N2. The molecule has 2 aliphatic carbocycles. The normalized spacial score (nSPS) is 33.2. The van der Waals surface area contributed by atoms with Crippen LogP contribution in [0, 0.1) is 11.8 Å². The predicted molar refractivity (Wildman–Crippen MR) is 74.0 cm³/mol. The van der Waals surface area contributed by atoms with Crippen LogP contribution >= 0.6 is 0 Å². The van der Waals surface area contributed by atoms with E-state index in [-0.39, 0.29) is 0 Å². The minimum atomic E-state index is 0.418. The van der Waals surface area contributed by atoms with E-state index in [4.69, 9.17) is 5.73 Å². The molecule has 1 unspecified atom stereocenters. The molecule has 0 aromatic heterocycles. The lowest BCUT2D eigenvalue weighted by Gasteiger charge is -2.36. The van der Waals surface area contributed by atoms with Crippen molar-refractivity contribution < 1.29 is 0 Å². The van der Waals surface area contributed by atoms with Gasteiger partial charge in [0.1, 0.15) is 0 Å². The summed E-state index contributed by atoms with van der Waals surface area (Å²) in [6.07, 6.45) is 11.1. The van der Waals surface area contributed by atoms with Gasteiger partial charge in [0.2, 0.25) is 0 Å². The third-order valence-corrected chi connectivity index (χ3v) is 5.11. The maximum Gasteiger partial charge on any atom is 0.0196 e. The van der Waals surface area contributed by atoms with Crippen molar-refractivity contribution in [3.05, 3.63) is 0 Å². The van der Waals surface area contributed by atoms with E-state index in [1.54, 1.807) is 0 Å². The van der Waals surface area contributed by atoms with Gasteiger partial charge in [-0.05, 0) is 57.4 Å². The summed E-state index contributed by atoms with van der Waals surface area (Å²) in [6, 6.07) is 1.22. The lowest BCUT2D eigenvalue weighted by molar-refractivity contribution is 0.152. The molecule has 0 heterocycles. The molecule has 2 heteroatoms. The molecule has 0 aromatic rings. The van der Waals surface area contributed by atoms with Gasteiger partial charge in [0.25, 0.3) is 0 Å². The molecule has 2 rings (SSSR count). The zero-order chi connectivity index (χ0) is 12.3. The van der Waals surface area contributed by atoms with Crippen molar-refractivity contribution in [2.24, 2.45) is 17.6 Å². The van der Waals surface area contributed by atoms with Gasteiger partial charge in [-0.15, -0.1) is 0 Å². The van der Waals surface area contributed by atoms with Crippen molar-refractivity contribution in [1.29, 1.82) is 0 Å². The highest BCUT2D eigenvalue weighted by molar-refractivity contribution is 4.83. The van der Waals surface area contributed by atoms with Crippen molar-refractivity contribution in [2.45, 2.75) is 70.4 Å². The Kier molecular flexibility index (Phi) is 4.87. The predicted octanol–water partition coefficient (Wildman–Crippen LogP) is 3.01. The monoisotopic (exact) mass is 238 g/mol. The molecule has 2 saturated carbocycles. The first-order valence-electron chi connectivity index (χ1n) is 7.62. The lowest BCUT2D eigenvalue weighted by atomic mass is 9.86. The number of hydrogen-bond acceptors (Lipinski definition) is 2. The van der Waals surface area contributed by atoms with E-state index in [0.29, 0.717) is 6.04 Å². The summed E-state index contributed by atoms with van der Waals surface area (Å²) in [4.78, 5) is 2.55. The van der Waals surface area contributed by atoms with Crippen LogP contribution in [0.25, 0.3) is 0 Å². The fraction of sp³-hybridized carbons (Fsp3) is 1.00. The van der Waals surface area contributed by atoms with E-state index >= 15 is 0 Å². The second-order valence-corrected chi connectivity index (χ2v) is 6.56. The molecule has 100 valence electrons. The summed E-state index contributed by atoms with van der Waals surface area (Å²) in [5.41, 5.74) is 6.37. The zero-order valence-corrected chi connectivity index (χ0v) is 11.7. The molecule has 2 N–H and O–H groups in total. The first-order valence-corrected chi connectivity index (χ1v) is 7.62. The van der Waals surface area contributed by atoms with Gasteiger partial charge in [0, 0.05) is 18.6 Å². The van der Waals surface area contributed by atoms with E-state index in [2.05, 4.69) is 18.9 Å². The largest absolute Gasteiger partial charge is 0.326 e. The molecule has 0 saturated heterocycles. The fourth-order valence-electron chi connectivity index (χ4n) is 3.70. The topological polar surface area (TPSA) is 29.3 Å². The Hall–Kier alpha value is -0.0800. The summed E-state index contributed by atoms with van der Waals surface area (Å²) < 4.78 is 0. The molecule has 0 spiro atoms. The summed E-state index contributed by atoms with van der Waals surface area (Å²) in [6.45, 7) is 3.50. The van der Waals surface area contributed by atoms with Gasteiger partial charge in [-0.1, -0.05) is 19.8 Å². The van der Waals surface area contributed by atoms with Crippen LogP contribution < -0.4 is 5.73 Å². The first-order chi connectivity index (χ1) is 8.16. The van der Waals surface area contributed by atoms with E-state index < -0.39 is 0 Å². The number of likely N-dealkylation sites (N-methyl/N-ethyl adjacent to an activating group) is 1. The summed E-state index contributed by atoms with van der Waals surface area (Å²) in [5.74, 6) is 1.75. The Bertz CT molecular complexity index is 215. The minimum absolute atomic E-state index is 0.418. The molecule has 17 heavy (non-hydrogen) atoms. The van der Waals surface area contributed by atoms with Gasteiger partial charge in [0.05, 0.1) is 0 Å². The molecule has 0 bridgehead atoms. The lowest BCUT2D eigenvalue weighted by Crippen LogP contribution is -2.45. The highest BCUT2D eigenvalue weighted by Crippen LogP contribution is 2.29. The molecule has 0 aliphatic heterocycles. The summed E-state index contributed by atoms with van der Waals surface area (Å²) in [7, 11) is 2.29. The third-order valence-electron chi connectivity index (χ3n) is 5.11. The highest BCUT2D eigenvalue weighted by Gasteiger charge is 2.26. The van der Waals surface area contributed by atoms with Crippen LogP contribution in [-0.2, 0) is 0 Å². The van der Waals surface area contributed by atoms with Crippen molar-refractivity contribution in [2.75, 3.05) is 13.6 Å². The van der Waals surface area contributed by atoms with Crippen LogP contribution in [-0.4, -0.2) is 30.6 Å². The standard InChI is InChI=1S/C15H30N2/c1-12-7-9-14(10-8-12)17(2)11-15(16)13-5-3-4-6-13/h12-15H,3-11,16H2,1-2H3. The van der Waals surface area contributed by atoms with Crippen molar-refractivity contribution in [1.82, 2.24) is 4.90 Å². The smallest absolute Gasteiger partial charge is 0.0196 e. The maximum atomic E-state index is 6.37. The van der Waals surface area contributed by atoms with Crippen LogP contribution in [0.5, 0.6) is 0 Å². The Labute approximate surface area is 107 Å².